The molecule has 1 atom stereocenters. The van der Waals surface area contributed by atoms with Crippen molar-refractivity contribution in [2.24, 2.45) is 0 Å². The van der Waals surface area contributed by atoms with Crippen molar-refractivity contribution in [1.82, 2.24) is 0 Å². The number of hydrogen-bond donors (Lipinski definition) is 0. The number of amides is 2. The summed E-state index contributed by atoms with van der Waals surface area (Å²) in [5, 5.41) is 0. The van der Waals surface area contributed by atoms with Gasteiger partial charge in [0.1, 0.15) is 0 Å². The van der Waals surface area contributed by atoms with Crippen LogP contribution in [0.25, 0.3) is 0 Å². The zero-order valence-corrected chi connectivity index (χ0v) is 15.7. The van der Waals surface area contributed by atoms with E-state index in [1.54, 1.807) is 18.2 Å². The molecule has 1 aliphatic rings. The zero-order valence-electron chi connectivity index (χ0n) is 14.1. The predicted molar refractivity (Wildman–Crippen MR) is 99.8 cm³/mol. The van der Waals surface area contributed by atoms with Crippen LogP contribution in [-0.4, -0.2) is 11.8 Å². The second-order valence-electron chi connectivity index (χ2n) is 6.15. The fourth-order valence-corrected chi connectivity index (χ4v) is 3.56. The highest BCUT2D eigenvalue weighted by Gasteiger charge is 2.39. The monoisotopic (exact) mass is 385 g/mol. The Hall–Kier alpha value is -1.94. The molecule has 0 N–H and O–H groups in total. The molecule has 3 rings (SSSR count). The van der Waals surface area contributed by atoms with E-state index in [4.69, 9.17) is 0 Å². The van der Waals surface area contributed by atoms with Gasteiger partial charge >= 0.3 is 0 Å². The lowest BCUT2D eigenvalue weighted by molar-refractivity contribution is 0.0925. The number of benzene rings is 2. The van der Waals surface area contributed by atoms with Crippen molar-refractivity contribution in [2.45, 2.75) is 39.5 Å². The third-order valence-electron chi connectivity index (χ3n) is 4.75. The molecule has 0 saturated carbocycles. The highest BCUT2D eigenvalue weighted by molar-refractivity contribution is 9.10. The highest BCUT2D eigenvalue weighted by Crippen LogP contribution is 2.38. The molecule has 4 heteroatoms. The van der Waals surface area contributed by atoms with Crippen LogP contribution in [0, 0.1) is 0 Å². The molecule has 1 heterocycles. The van der Waals surface area contributed by atoms with E-state index in [9.17, 15) is 9.59 Å². The van der Waals surface area contributed by atoms with Gasteiger partial charge in [-0.3, -0.25) is 9.59 Å². The number of fused-ring (bicyclic) bond motifs is 1. The molecule has 124 valence electrons. The van der Waals surface area contributed by atoms with E-state index >= 15 is 0 Å². The van der Waals surface area contributed by atoms with E-state index in [1.807, 2.05) is 25.1 Å². The molecule has 2 aromatic rings. The number of anilines is 1. The summed E-state index contributed by atoms with van der Waals surface area (Å²) in [5.74, 6) is -0.183. The third-order valence-corrected chi connectivity index (χ3v) is 5.24. The number of hydrogen-bond acceptors (Lipinski definition) is 2. The number of carbonyl (C=O) groups is 2. The number of halogens is 1. The lowest BCUT2D eigenvalue weighted by Crippen LogP contribution is -2.31. The minimum Gasteiger partial charge on any atom is -0.268 e. The fraction of sp³-hybridized carbons (Fsp3) is 0.300. The molecule has 24 heavy (non-hydrogen) atoms. The summed E-state index contributed by atoms with van der Waals surface area (Å²) in [7, 11) is 0. The maximum absolute atomic E-state index is 13.0. The van der Waals surface area contributed by atoms with Crippen molar-refractivity contribution in [1.29, 1.82) is 0 Å². The molecule has 0 spiro atoms. The van der Waals surface area contributed by atoms with Crippen LogP contribution in [-0.2, 0) is 6.42 Å². The van der Waals surface area contributed by atoms with Gasteiger partial charge in [-0.25, -0.2) is 4.90 Å². The topological polar surface area (TPSA) is 37.4 Å². The molecular formula is C20H20BrNO2. The number of rotatable bonds is 4. The molecule has 1 aliphatic heterocycles. The molecule has 1 unspecified atom stereocenters. The van der Waals surface area contributed by atoms with Gasteiger partial charge in [0.15, 0.2) is 0 Å². The quantitative estimate of drug-likeness (QED) is 0.667. The minimum atomic E-state index is -0.234. The Kier molecular flexibility index (Phi) is 4.59. The Morgan fingerprint density at radius 3 is 2.42 bits per heavy atom. The van der Waals surface area contributed by atoms with Crippen LogP contribution in [0.3, 0.4) is 0 Å². The second kappa shape index (κ2) is 6.52. The van der Waals surface area contributed by atoms with Crippen molar-refractivity contribution >= 4 is 33.4 Å². The largest absolute Gasteiger partial charge is 0.268 e. The molecule has 0 saturated heterocycles. The summed E-state index contributed by atoms with van der Waals surface area (Å²) in [4.78, 5) is 27.3. The first-order valence-electron chi connectivity index (χ1n) is 8.29. The molecule has 0 radical (unpaired) electrons. The Morgan fingerprint density at radius 2 is 1.75 bits per heavy atom. The molecular weight excluding hydrogens is 366 g/mol. The lowest BCUT2D eigenvalue weighted by atomic mass is 9.93. The van der Waals surface area contributed by atoms with E-state index in [0.29, 0.717) is 11.1 Å². The van der Waals surface area contributed by atoms with Crippen molar-refractivity contribution < 1.29 is 9.59 Å². The van der Waals surface area contributed by atoms with E-state index < -0.39 is 0 Å². The van der Waals surface area contributed by atoms with Crippen LogP contribution >= 0.6 is 15.9 Å². The van der Waals surface area contributed by atoms with Crippen LogP contribution in [0.5, 0.6) is 0 Å². The molecule has 0 bridgehead atoms. The standard InChI is InChI=1S/C20H20BrNO2/c1-4-12(3)15-8-6-7-13(5-2)18(15)22-19(23)16-10-9-14(21)11-17(16)20(22)24/h6-12H,4-5H2,1-3H3. The first-order valence-corrected chi connectivity index (χ1v) is 9.09. The van der Waals surface area contributed by atoms with E-state index in [0.717, 1.165) is 34.1 Å². The van der Waals surface area contributed by atoms with Gasteiger partial charge in [0.05, 0.1) is 16.8 Å². The summed E-state index contributed by atoms with van der Waals surface area (Å²) >= 11 is 3.38. The average Bonchev–Trinajstić information content (AvgIpc) is 2.83. The van der Waals surface area contributed by atoms with Gasteiger partial charge < -0.3 is 0 Å². The Morgan fingerprint density at radius 1 is 1.04 bits per heavy atom. The number of imide groups is 1. The molecule has 0 aliphatic carbocycles. The van der Waals surface area contributed by atoms with Gasteiger partial charge in [-0.2, -0.15) is 0 Å². The smallest absolute Gasteiger partial charge is 0.266 e. The van der Waals surface area contributed by atoms with Crippen molar-refractivity contribution in [3.8, 4) is 0 Å². The summed E-state index contributed by atoms with van der Waals surface area (Å²) in [6.07, 6.45) is 1.73. The number of para-hydroxylation sites is 1. The van der Waals surface area contributed by atoms with Crippen LogP contribution in [0.1, 0.15) is 65.0 Å². The number of aryl methyl sites for hydroxylation is 1. The van der Waals surface area contributed by atoms with Gasteiger partial charge in [-0.15, -0.1) is 0 Å². The fourth-order valence-electron chi connectivity index (χ4n) is 3.20. The minimum absolute atomic E-state index is 0.229. The normalized spacial score (nSPS) is 14.9. The summed E-state index contributed by atoms with van der Waals surface area (Å²) in [6, 6.07) is 11.3. The molecule has 2 aromatic carbocycles. The van der Waals surface area contributed by atoms with Crippen molar-refractivity contribution in [3.63, 3.8) is 0 Å². The molecule has 2 amide bonds. The van der Waals surface area contributed by atoms with Gasteiger partial charge in [0, 0.05) is 4.47 Å². The van der Waals surface area contributed by atoms with E-state index in [-0.39, 0.29) is 17.7 Å². The average molecular weight is 386 g/mol. The van der Waals surface area contributed by atoms with E-state index in [2.05, 4.69) is 29.8 Å². The van der Waals surface area contributed by atoms with Crippen LogP contribution in [0.2, 0.25) is 0 Å². The summed E-state index contributed by atoms with van der Waals surface area (Å²) in [6.45, 7) is 6.30. The lowest BCUT2D eigenvalue weighted by Gasteiger charge is -2.24. The maximum atomic E-state index is 13.0. The Bertz CT molecular complexity index is 828. The van der Waals surface area contributed by atoms with Crippen LogP contribution in [0.4, 0.5) is 5.69 Å². The van der Waals surface area contributed by atoms with Gasteiger partial charge in [0.2, 0.25) is 0 Å². The van der Waals surface area contributed by atoms with Crippen molar-refractivity contribution in [3.05, 3.63) is 63.1 Å². The Labute approximate surface area is 150 Å². The van der Waals surface area contributed by atoms with E-state index in [1.165, 1.54) is 4.90 Å². The highest BCUT2D eigenvalue weighted by atomic mass is 79.9. The zero-order chi connectivity index (χ0) is 17.4. The van der Waals surface area contributed by atoms with Crippen molar-refractivity contribution in [2.75, 3.05) is 4.90 Å². The molecule has 0 aromatic heterocycles. The number of nitrogens with zero attached hydrogens (tertiary/aromatic N) is 1. The third kappa shape index (κ3) is 2.59. The van der Waals surface area contributed by atoms with Crippen LogP contribution < -0.4 is 4.90 Å². The van der Waals surface area contributed by atoms with Crippen LogP contribution in [0.15, 0.2) is 40.9 Å². The van der Waals surface area contributed by atoms with Gasteiger partial charge in [-0.1, -0.05) is 54.9 Å². The van der Waals surface area contributed by atoms with Gasteiger partial charge in [0.25, 0.3) is 11.8 Å². The number of carbonyl (C=O) groups excluding carboxylic acids is 2. The second-order valence-corrected chi connectivity index (χ2v) is 7.07. The maximum Gasteiger partial charge on any atom is 0.266 e. The molecule has 3 nitrogen and oxygen atoms in total. The molecule has 0 fully saturated rings. The first-order chi connectivity index (χ1) is 11.5. The SMILES string of the molecule is CCc1cccc(C(C)CC)c1N1C(=O)c2ccc(Br)cc2C1=O. The predicted octanol–water partition coefficient (Wildman–Crippen LogP) is 5.33. The first kappa shape index (κ1) is 16.9. The summed E-state index contributed by atoms with van der Waals surface area (Å²) < 4.78 is 0.801. The Balaban J connectivity index is 2.20. The van der Waals surface area contributed by atoms with Gasteiger partial charge in [-0.05, 0) is 48.1 Å². The summed E-state index contributed by atoms with van der Waals surface area (Å²) in [5.41, 5.74) is 3.81.